The Hall–Kier alpha value is -4.05. The number of rotatable bonds is 0. The second-order valence-corrected chi connectivity index (χ2v) is 17.8. The molecule has 15 nitrogen and oxygen atoms in total. The van der Waals surface area contributed by atoms with Gasteiger partial charge in [-0.3, -0.25) is 0 Å². The molecule has 0 saturated carbocycles. The van der Waals surface area contributed by atoms with Crippen molar-refractivity contribution in [1.82, 2.24) is 57.3 Å². The summed E-state index contributed by atoms with van der Waals surface area (Å²) < 4.78 is 30.1. The van der Waals surface area contributed by atoms with Gasteiger partial charge in [0.25, 0.3) is 0 Å². The van der Waals surface area contributed by atoms with Gasteiger partial charge in [0.15, 0.2) is 33.4 Å². The first-order chi connectivity index (χ1) is 19.2. The Labute approximate surface area is 220 Å². The molecule has 10 rings (SSSR count). The van der Waals surface area contributed by atoms with Gasteiger partial charge in [0.1, 0.15) is 20.0 Å². The molecule has 0 fully saturated rings. The van der Waals surface area contributed by atoms with Gasteiger partial charge < -0.3 is 27.4 Å². The van der Waals surface area contributed by atoms with E-state index in [9.17, 15) is 0 Å². The average molecular weight is 573 g/mol. The normalized spacial score (nSPS) is 19.7. The third kappa shape index (κ3) is 2.33. The number of imidazole rings is 6. The summed E-state index contributed by atoms with van der Waals surface area (Å²) in [6, 6.07) is 0. The van der Waals surface area contributed by atoms with Crippen LogP contribution in [-0.2, 0) is 20.0 Å². The van der Waals surface area contributed by atoms with Crippen molar-refractivity contribution in [2.75, 3.05) is 0 Å². The Morgan fingerprint density at radius 1 is 0.359 bits per heavy atom. The number of nitrogens with zero attached hydrogens (tertiary/aromatic N) is 15. The van der Waals surface area contributed by atoms with Crippen molar-refractivity contribution in [3.05, 3.63) is 74.4 Å². The van der Waals surface area contributed by atoms with Crippen LogP contribution in [0.1, 0.15) is 0 Å². The lowest BCUT2D eigenvalue weighted by Crippen LogP contribution is -2.43. The van der Waals surface area contributed by atoms with Crippen LogP contribution in [0.25, 0.3) is 0 Å². The maximum absolute atomic E-state index is 5.79. The maximum atomic E-state index is 5.79. The fourth-order valence-electron chi connectivity index (χ4n) is 6.00. The molecule has 10 heterocycles. The molecule has 0 bridgehead atoms. The van der Waals surface area contributed by atoms with Crippen LogP contribution < -0.4 is 33.4 Å². The molecule has 192 valence electrons. The van der Waals surface area contributed by atoms with Gasteiger partial charge in [0.2, 0.25) is 21.6 Å². The van der Waals surface area contributed by atoms with E-state index in [0.29, 0.717) is 20.0 Å². The molecule has 0 aliphatic carbocycles. The van der Waals surface area contributed by atoms with Crippen molar-refractivity contribution in [3.63, 3.8) is 0 Å². The van der Waals surface area contributed by atoms with Crippen molar-refractivity contribution in [1.29, 1.82) is 0 Å². The van der Waals surface area contributed by atoms with E-state index in [1.165, 1.54) is 0 Å². The summed E-state index contributed by atoms with van der Waals surface area (Å²) in [5.74, 6) is 0. The van der Waals surface area contributed by atoms with Gasteiger partial charge in [-0.2, -0.15) is 0 Å². The summed E-state index contributed by atoms with van der Waals surface area (Å²) in [4.78, 5) is 29.4. The lowest BCUT2D eigenvalue weighted by atomic mass is 10.8. The third-order valence-electron chi connectivity index (χ3n) is 7.53. The zero-order valence-electron chi connectivity index (χ0n) is 20.1. The fourth-order valence-corrected chi connectivity index (χ4v) is 20.6. The highest BCUT2D eigenvalue weighted by atomic mass is 31.3. The predicted molar refractivity (Wildman–Crippen MR) is 145 cm³/mol. The molecule has 0 unspecified atom stereocenters. The molecule has 4 aliphatic rings. The van der Waals surface area contributed by atoms with Gasteiger partial charge in [-0.25, -0.2) is 43.5 Å². The van der Waals surface area contributed by atoms with Gasteiger partial charge in [-0.05, 0) is 0 Å². The molecule has 0 saturated heterocycles. The summed E-state index contributed by atoms with van der Waals surface area (Å²) in [7, 11) is -9.05. The van der Waals surface area contributed by atoms with E-state index in [4.69, 9.17) is 43.5 Å². The summed E-state index contributed by atoms with van der Waals surface area (Å²) in [5.41, 5.74) is 4.82. The molecule has 18 heteroatoms. The molecule has 0 aromatic carbocycles. The van der Waals surface area contributed by atoms with Crippen molar-refractivity contribution in [2.24, 2.45) is 13.5 Å². The fraction of sp³-hybridized carbons (Fsp3) is 0.143. The molecule has 6 aromatic heterocycles. The second-order valence-electron chi connectivity index (χ2n) is 9.68. The van der Waals surface area contributed by atoms with Crippen LogP contribution in [0.5, 0.6) is 0 Å². The summed E-state index contributed by atoms with van der Waals surface area (Å²) in [5, 5.41) is 0. The highest BCUT2D eigenvalue weighted by Crippen LogP contribution is 2.76. The zero-order chi connectivity index (χ0) is 25.4. The molecule has 6 aromatic rings. The number of fused-ring (bicyclic) bond motifs is 12. The lowest BCUT2D eigenvalue weighted by Gasteiger charge is -2.39. The second kappa shape index (κ2) is 6.74. The Kier molecular flexibility index (Phi) is 3.60. The van der Waals surface area contributed by atoms with E-state index >= 15 is 0 Å². The van der Waals surface area contributed by atoms with Crippen molar-refractivity contribution in [2.45, 2.75) is 20.0 Å². The molecule has 4 aliphatic heterocycles. The monoisotopic (exact) mass is 573 g/mol. The van der Waals surface area contributed by atoms with Crippen molar-refractivity contribution in [3.8, 4) is 0 Å². The smallest absolute Gasteiger partial charge is 0.207 e. The van der Waals surface area contributed by atoms with E-state index in [1.54, 1.807) is 0 Å². The maximum Gasteiger partial charge on any atom is 0.207 e. The van der Waals surface area contributed by atoms with Crippen LogP contribution in [-0.4, -0.2) is 57.3 Å². The number of aromatic nitrogens is 12. The van der Waals surface area contributed by atoms with Gasteiger partial charge in [0.05, 0.1) is 0 Å². The summed E-state index contributed by atoms with van der Waals surface area (Å²) >= 11 is 0. The van der Waals surface area contributed by atoms with Gasteiger partial charge in [-0.15, -0.1) is 0 Å². The molecular weight excluding hydrogens is 555 g/mol. The largest absolute Gasteiger partial charge is 0.309 e. The molecule has 0 radical (unpaired) electrons. The summed E-state index contributed by atoms with van der Waals surface area (Å²) in [6.45, 7) is 1.79. The minimum Gasteiger partial charge on any atom is -0.309 e. The Balaban J connectivity index is 1.51. The predicted octanol–water partition coefficient (Wildman–Crippen LogP) is -0.0618. The molecule has 0 atom stereocenters. The molecular formula is C21H18N15P3. The SMILES string of the molecule is c1cn2c(n1)P1(=NP3(=NP4(=N1)c1nccn1Cn1ccnc14)c1nccn1Cn1ccnc13)c1nccn1C2. The van der Waals surface area contributed by atoms with Crippen LogP contribution in [0.15, 0.2) is 87.9 Å². The van der Waals surface area contributed by atoms with Crippen molar-refractivity contribution >= 4 is 55.0 Å². The van der Waals surface area contributed by atoms with Gasteiger partial charge in [-0.1, -0.05) is 0 Å². The summed E-state index contributed by atoms with van der Waals surface area (Å²) in [6.07, 6.45) is 22.8. The van der Waals surface area contributed by atoms with Crippen molar-refractivity contribution < 1.29 is 0 Å². The average Bonchev–Trinajstić information content (AvgIpc) is 3.76. The van der Waals surface area contributed by atoms with Crippen LogP contribution >= 0.6 is 21.6 Å². The molecule has 39 heavy (non-hydrogen) atoms. The van der Waals surface area contributed by atoms with E-state index in [0.717, 1.165) is 33.4 Å². The highest BCUT2D eigenvalue weighted by molar-refractivity contribution is 7.99. The van der Waals surface area contributed by atoms with E-state index in [2.05, 4.69) is 27.4 Å². The van der Waals surface area contributed by atoms with Crippen LogP contribution in [0.3, 0.4) is 0 Å². The zero-order valence-corrected chi connectivity index (χ0v) is 22.8. The first-order valence-electron chi connectivity index (χ1n) is 12.2. The van der Waals surface area contributed by atoms with Crippen LogP contribution in [0.4, 0.5) is 0 Å². The van der Waals surface area contributed by atoms with Gasteiger partial charge in [0, 0.05) is 74.4 Å². The van der Waals surface area contributed by atoms with Crippen LogP contribution in [0.2, 0.25) is 0 Å². The standard InChI is InChI=1S/C21H18N15P3/c1-7-31-13-32-8-2-23-17(32)37(16(31)22-1)28-38(18-24-3-9-33(18)14-34-10-4-25-19(34)38)30-39(29-37)20-26-5-11-35(20)15-36-12-6-27-21(36)39/h1-12H,13-15H2. The Morgan fingerprint density at radius 3 is 0.769 bits per heavy atom. The van der Waals surface area contributed by atoms with E-state index in [-0.39, 0.29) is 0 Å². The molecule has 0 amide bonds. The minimum absolute atomic E-state index is 0.595. The Morgan fingerprint density at radius 2 is 0.564 bits per heavy atom. The Bertz CT molecular complexity index is 1780. The van der Waals surface area contributed by atoms with Gasteiger partial charge >= 0.3 is 0 Å². The first kappa shape index (κ1) is 20.9. The quantitative estimate of drug-likeness (QED) is 0.233. The molecule has 3 spiro atoms. The van der Waals surface area contributed by atoms with E-state index < -0.39 is 21.6 Å². The van der Waals surface area contributed by atoms with Crippen LogP contribution in [0, 0.1) is 0 Å². The highest BCUT2D eigenvalue weighted by Gasteiger charge is 2.53. The topological polar surface area (TPSA) is 144 Å². The minimum atomic E-state index is -3.02. The first-order valence-corrected chi connectivity index (χ1v) is 17.3. The van der Waals surface area contributed by atoms with E-state index in [1.807, 2.05) is 74.4 Å². The number of hydrogen-bond acceptors (Lipinski definition) is 9. The lowest BCUT2D eigenvalue weighted by molar-refractivity contribution is 0.622. The third-order valence-corrected chi connectivity index (χ3v) is 19.3. The molecule has 0 N–H and O–H groups in total. The number of hydrogen-bond donors (Lipinski definition) is 0.